The summed E-state index contributed by atoms with van der Waals surface area (Å²) in [6, 6.07) is 0. The summed E-state index contributed by atoms with van der Waals surface area (Å²) in [5.74, 6) is 5.87. The minimum atomic E-state index is -0.143. The third kappa shape index (κ3) is 2.71. The van der Waals surface area contributed by atoms with Crippen LogP contribution in [0.4, 0.5) is 0 Å². The minimum Gasteiger partial charge on any atom is -0.381 e. The lowest BCUT2D eigenvalue weighted by molar-refractivity contribution is 0.102. The van der Waals surface area contributed by atoms with Gasteiger partial charge in [0.15, 0.2) is 11.7 Å². The van der Waals surface area contributed by atoms with Crippen LogP contribution in [0, 0.1) is 5.41 Å². The van der Waals surface area contributed by atoms with Crippen LogP contribution in [0.1, 0.15) is 17.9 Å². The van der Waals surface area contributed by atoms with Gasteiger partial charge < -0.3 is 22.0 Å². The fourth-order valence-corrected chi connectivity index (χ4v) is 1.42. The van der Waals surface area contributed by atoms with Gasteiger partial charge in [0.05, 0.1) is 18.0 Å². The SMILES string of the molecule is COC(CN)CCc1cnc(C(=N)N)n1N. The number of hydrogen-bond acceptors (Lipinski definition) is 5. The summed E-state index contributed by atoms with van der Waals surface area (Å²) < 4.78 is 6.48. The van der Waals surface area contributed by atoms with Crippen LogP contribution in [0.15, 0.2) is 6.20 Å². The van der Waals surface area contributed by atoms with E-state index in [0.717, 1.165) is 12.1 Å². The van der Waals surface area contributed by atoms with E-state index in [1.165, 1.54) is 4.68 Å². The van der Waals surface area contributed by atoms with Gasteiger partial charge >= 0.3 is 0 Å². The third-order valence-electron chi connectivity index (χ3n) is 2.43. The van der Waals surface area contributed by atoms with Crippen molar-refractivity contribution in [2.75, 3.05) is 19.5 Å². The van der Waals surface area contributed by atoms with Gasteiger partial charge in [-0.15, -0.1) is 0 Å². The third-order valence-corrected chi connectivity index (χ3v) is 2.43. The molecule has 7 nitrogen and oxygen atoms in total. The van der Waals surface area contributed by atoms with Gasteiger partial charge in [-0.3, -0.25) is 5.41 Å². The molecule has 16 heavy (non-hydrogen) atoms. The maximum atomic E-state index is 7.25. The van der Waals surface area contributed by atoms with Crippen molar-refractivity contribution >= 4 is 5.84 Å². The Labute approximate surface area is 94.0 Å². The van der Waals surface area contributed by atoms with Crippen LogP contribution in [0.5, 0.6) is 0 Å². The van der Waals surface area contributed by atoms with Crippen LogP contribution >= 0.6 is 0 Å². The first-order valence-electron chi connectivity index (χ1n) is 4.99. The molecule has 0 radical (unpaired) electrons. The maximum absolute atomic E-state index is 7.25. The molecule has 1 unspecified atom stereocenters. The topological polar surface area (TPSA) is 129 Å². The number of nitrogens with two attached hydrogens (primary N) is 3. The second-order valence-corrected chi connectivity index (χ2v) is 3.49. The monoisotopic (exact) mass is 226 g/mol. The molecular weight excluding hydrogens is 208 g/mol. The van der Waals surface area contributed by atoms with Gasteiger partial charge in [-0.05, 0) is 12.8 Å². The van der Waals surface area contributed by atoms with Crippen molar-refractivity contribution in [3.63, 3.8) is 0 Å². The predicted molar refractivity (Wildman–Crippen MR) is 61.6 cm³/mol. The molecule has 0 saturated carbocycles. The zero-order valence-corrected chi connectivity index (χ0v) is 9.31. The highest BCUT2D eigenvalue weighted by molar-refractivity contribution is 5.91. The van der Waals surface area contributed by atoms with Crippen molar-refractivity contribution in [3.05, 3.63) is 17.7 Å². The van der Waals surface area contributed by atoms with Crippen LogP contribution in [-0.2, 0) is 11.2 Å². The van der Waals surface area contributed by atoms with Crippen LogP contribution in [0.25, 0.3) is 0 Å². The number of imidazole rings is 1. The van der Waals surface area contributed by atoms with E-state index >= 15 is 0 Å². The van der Waals surface area contributed by atoms with Gasteiger partial charge in [0.2, 0.25) is 0 Å². The predicted octanol–water partition coefficient (Wildman–Crippen LogP) is -1.21. The van der Waals surface area contributed by atoms with Crippen LogP contribution in [0.2, 0.25) is 0 Å². The average Bonchev–Trinajstić information content (AvgIpc) is 2.62. The number of ether oxygens (including phenoxy) is 1. The molecule has 0 saturated heterocycles. The fraction of sp³-hybridized carbons (Fsp3) is 0.556. The molecule has 0 spiro atoms. The summed E-state index contributed by atoms with van der Waals surface area (Å²) in [5, 5.41) is 7.25. The Balaban J connectivity index is 2.64. The van der Waals surface area contributed by atoms with Crippen molar-refractivity contribution in [1.29, 1.82) is 5.41 Å². The van der Waals surface area contributed by atoms with Gasteiger partial charge in [-0.2, -0.15) is 0 Å². The quantitative estimate of drug-likeness (QED) is 0.275. The summed E-state index contributed by atoms with van der Waals surface area (Å²) >= 11 is 0. The van der Waals surface area contributed by atoms with Crippen LogP contribution in [-0.4, -0.2) is 35.3 Å². The number of nitrogens with zero attached hydrogens (tertiary/aromatic N) is 2. The molecule has 0 aliphatic carbocycles. The highest BCUT2D eigenvalue weighted by Gasteiger charge is 2.11. The number of rotatable bonds is 6. The van der Waals surface area contributed by atoms with Crippen LogP contribution < -0.4 is 17.3 Å². The van der Waals surface area contributed by atoms with E-state index in [1.807, 2.05) is 0 Å². The van der Waals surface area contributed by atoms with Crippen molar-refractivity contribution in [3.8, 4) is 0 Å². The lowest BCUT2D eigenvalue weighted by Gasteiger charge is -2.12. The van der Waals surface area contributed by atoms with Crippen molar-refractivity contribution in [2.45, 2.75) is 18.9 Å². The Bertz CT molecular complexity index is 357. The number of nitrogen functional groups attached to an aromatic ring is 2. The van der Waals surface area contributed by atoms with E-state index in [4.69, 9.17) is 27.5 Å². The summed E-state index contributed by atoms with van der Waals surface area (Å²) in [6.45, 7) is 0.467. The molecule has 0 aliphatic heterocycles. The Hall–Kier alpha value is -1.60. The summed E-state index contributed by atoms with van der Waals surface area (Å²) in [6.07, 6.45) is 3.07. The molecule has 1 atom stereocenters. The molecule has 7 heteroatoms. The highest BCUT2D eigenvalue weighted by atomic mass is 16.5. The van der Waals surface area contributed by atoms with Gasteiger partial charge in [-0.1, -0.05) is 0 Å². The standard InChI is InChI=1S/C9H18N6O/c1-16-7(4-10)3-2-6-5-14-9(8(11)12)15(6)13/h5,7H,2-4,10,13H2,1H3,(H3,11,12). The largest absolute Gasteiger partial charge is 0.381 e. The second-order valence-electron chi connectivity index (χ2n) is 3.49. The Morgan fingerprint density at radius 2 is 2.38 bits per heavy atom. The Kier molecular flexibility index (Phi) is 4.27. The highest BCUT2D eigenvalue weighted by Crippen LogP contribution is 2.06. The van der Waals surface area contributed by atoms with Gasteiger partial charge in [0.1, 0.15) is 0 Å². The molecule has 1 aromatic heterocycles. The first kappa shape index (κ1) is 12.5. The van der Waals surface area contributed by atoms with E-state index < -0.39 is 0 Å². The van der Waals surface area contributed by atoms with Gasteiger partial charge in [-0.25, -0.2) is 9.66 Å². The molecule has 0 aliphatic rings. The summed E-state index contributed by atoms with van der Waals surface area (Å²) in [7, 11) is 1.62. The molecule has 0 fully saturated rings. The van der Waals surface area contributed by atoms with E-state index in [2.05, 4.69) is 4.98 Å². The van der Waals surface area contributed by atoms with Crippen molar-refractivity contribution < 1.29 is 4.74 Å². The molecule has 1 heterocycles. The summed E-state index contributed by atoms with van der Waals surface area (Å²) in [4.78, 5) is 3.96. The van der Waals surface area contributed by atoms with Crippen molar-refractivity contribution in [2.24, 2.45) is 11.5 Å². The van der Waals surface area contributed by atoms with Crippen LogP contribution in [0.3, 0.4) is 0 Å². The van der Waals surface area contributed by atoms with E-state index in [0.29, 0.717) is 13.0 Å². The Morgan fingerprint density at radius 1 is 1.69 bits per heavy atom. The lowest BCUT2D eigenvalue weighted by atomic mass is 10.1. The Morgan fingerprint density at radius 3 is 2.81 bits per heavy atom. The molecule has 0 bridgehead atoms. The molecule has 7 N–H and O–H groups in total. The lowest BCUT2D eigenvalue weighted by Crippen LogP contribution is -2.26. The molecule has 90 valence electrons. The molecule has 0 aromatic carbocycles. The first-order chi connectivity index (χ1) is 7.60. The van der Waals surface area contributed by atoms with Gasteiger partial charge in [0, 0.05) is 13.7 Å². The van der Waals surface area contributed by atoms with Crippen molar-refractivity contribution in [1.82, 2.24) is 9.66 Å². The zero-order chi connectivity index (χ0) is 12.1. The number of aromatic nitrogens is 2. The number of hydrogen-bond donors (Lipinski definition) is 4. The van der Waals surface area contributed by atoms with E-state index in [9.17, 15) is 0 Å². The number of aryl methyl sites for hydroxylation is 1. The van der Waals surface area contributed by atoms with E-state index in [-0.39, 0.29) is 17.8 Å². The normalized spacial score (nSPS) is 12.6. The first-order valence-corrected chi connectivity index (χ1v) is 4.99. The number of nitrogens with one attached hydrogen (secondary N) is 1. The number of methoxy groups -OCH3 is 1. The smallest absolute Gasteiger partial charge is 0.193 e. The summed E-state index contributed by atoms with van der Waals surface area (Å²) in [5.41, 5.74) is 11.6. The maximum Gasteiger partial charge on any atom is 0.193 e. The molecule has 0 amide bonds. The molecule has 1 aromatic rings. The number of amidine groups is 1. The average molecular weight is 226 g/mol. The fourth-order valence-electron chi connectivity index (χ4n) is 1.42. The second kappa shape index (κ2) is 5.47. The minimum absolute atomic E-state index is 0.00989. The molecular formula is C9H18N6O. The zero-order valence-electron chi connectivity index (χ0n) is 9.31. The van der Waals surface area contributed by atoms with Gasteiger partial charge in [0.25, 0.3) is 0 Å². The van der Waals surface area contributed by atoms with E-state index in [1.54, 1.807) is 13.3 Å². The molecule has 1 rings (SSSR count).